The molecule has 190 valence electrons. The minimum absolute atomic E-state index is 0.267. The number of rotatable bonds is 4. The Kier molecular flexibility index (Phi) is 5.79. The lowest BCUT2D eigenvalue weighted by atomic mass is 9.79. The molecule has 6 rings (SSSR count). The highest BCUT2D eigenvalue weighted by Crippen LogP contribution is 2.36. The Bertz CT molecular complexity index is 1680. The summed E-state index contributed by atoms with van der Waals surface area (Å²) in [4.78, 5) is 23.3. The molecule has 0 aliphatic carbocycles. The molecule has 3 aromatic carbocycles. The zero-order chi connectivity index (χ0) is 26.7. The first kappa shape index (κ1) is 24.6. The van der Waals surface area contributed by atoms with Crippen LogP contribution in [0.1, 0.15) is 27.7 Å². The lowest BCUT2D eigenvalue weighted by Crippen LogP contribution is -2.41. The number of benzene rings is 3. The molecule has 1 aliphatic heterocycles. The van der Waals surface area contributed by atoms with Gasteiger partial charge in [-0.3, -0.25) is 13.9 Å². The number of halogens is 1. The first-order chi connectivity index (χ1) is 18.1. The highest BCUT2D eigenvalue weighted by Gasteiger charge is 2.51. The van der Waals surface area contributed by atoms with Gasteiger partial charge in [0.15, 0.2) is 11.2 Å². The highest BCUT2D eigenvalue weighted by atomic mass is 35.5. The van der Waals surface area contributed by atoms with Gasteiger partial charge in [0.1, 0.15) is 12.2 Å². The molecule has 0 saturated carbocycles. The van der Waals surface area contributed by atoms with E-state index in [0.29, 0.717) is 22.2 Å². The van der Waals surface area contributed by atoms with Gasteiger partial charge in [-0.15, -0.1) is 0 Å². The summed E-state index contributed by atoms with van der Waals surface area (Å²) < 4.78 is 15.8. The molecule has 38 heavy (non-hydrogen) atoms. The maximum Gasteiger partial charge on any atom is 0.494 e. The van der Waals surface area contributed by atoms with Crippen molar-refractivity contribution < 1.29 is 9.31 Å². The Labute approximate surface area is 225 Å². The van der Waals surface area contributed by atoms with Crippen molar-refractivity contribution in [2.24, 2.45) is 0 Å². The van der Waals surface area contributed by atoms with Crippen molar-refractivity contribution in [1.29, 1.82) is 0 Å². The fraction of sp³-hybridized carbons (Fsp3) is 0.207. The van der Waals surface area contributed by atoms with Crippen LogP contribution in [0.25, 0.3) is 33.9 Å². The van der Waals surface area contributed by atoms with Gasteiger partial charge in [0, 0.05) is 16.3 Å². The van der Waals surface area contributed by atoms with Crippen LogP contribution in [0.3, 0.4) is 0 Å². The van der Waals surface area contributed by atoms with Crippen LogP contribution in [0.4, 0.5) is 0 Å². The van der Waals surface area contributed by atoms with Crippen molar-refractivity contribution >= 4 is 35.3 Å². The number of aromatic nitrogens is 4. The van der Waals surface area contributed by atoms with E-state index in [0.717, 1.165) is 16.7 Å². The van der Waals surface area contributed by atoms with Crippen molar-refractivity contribution in [3.05, 3.63) is 101 Å². The van der Waals surface area contributed by atoms with Crippen LogP contribution in [0, 0.1) is 0 Å². The Morgan fingerprint density at radius 3 is 2.08 bits per heavy atom. The van der Waals surface area contributed by atoms with E-state index < -0.39 is 18.3 Å². The zero-order valence-electron chi connectivity index (χ0n) is 21.6. The fourth-order valence-corrected chi connectivity index (χ4v) is 4.65. The molecule has 1 saturated heterocycles. The van der Waals surface area contributed by atoms with Gasteiger partial charge in [-0.25, -0.2) is 9.97 Å². The van der Waals surface area contributed by atoms with Crippen LogP contribution in [0.5, 0.6) is 0 Å². The third kappa shape index (κ3) is 4.05. The van der Waals surface area contributed by atoms with Gasteiger partial charge in [-0.1, -0.05) is 54.1 Å². The number of hydrogen-bond donors (Lipinski definition) is 0. The number of fused-ring (bicyclic) bond motifs is 1. The maximum absolute atomic E-state index is 13.8. The summed E-state index contributed by atoms with van der Waals surface area (Å²) in [7, 11) is -0.484. The Morgan fingerprint density at radius 1 is 0.816 bits per heavy atom. The van der Waals surface area contributed by atoms with Crippen molar-refractivity contribution in [1.82, 2.24) is 19.1 Å². The molecule has 7 nitrogen and oxygen atoms in total. The van der Waals surface area contributed by atoms with Crippen LogP contribution < -0.4 is 11.0 Å². The summed E-state index contributed by atoms with van der Waals surface area (Å²) in [5.41, 5.74) is 2.79. The van der Waals surface area contributed by atoms with E-state index in [1.54, 1.807) is 35.2 Å². The zero-order valence-corrected chi connectivity index (χ0v) is 22.3. The van der Waals surface area contributed by atoms with E-state index in [4.69, 9.17) is 25.9 Å². The van der Waals surface area contributed by atoms with E-state index in [1.165, 1.54) is 0 Å². The van der Waals surface area contributed by atoms with Crippen LogP contribution in [0.2, 0.25) is 5.02 Å². The maximum atomic E-state index is 13.8. The molecule has 2 aromatic heterocycles. The molecule has 0 spiro atoms. The predicted octanol–water partition coefficient (Wildman–Crippen LogP) is 5.19. The second-order valence-corrected chi connectivity index (χ2v) is 10.8. The van der Waals surface area contributed by atoms with Crippen LogP contribution in [0.15, 0.2) is 90.0 Å². The smallest absolute Gasteiger partial charge is 0.399 e. The van der Waals surface area contributed by atoms with Crippen molar-refractivity contribution in [2.45, 2.75) is 38.9 Å². The Balaban J connectivity index is 1.51. The number of hydrogen-bond acceptors (Lipinski definition) is 5. The van der Waals surface area contributed by atoms with Gasteiger partial charge in [-0.2, -0.15) is 0 Å². The van der Waals surface area contributed by atoms with Crippen molar-refractivity contribution in [2.75, 3.05) is 0 Å². The number of nitrogens with zero attached hydrogens (tertiary/aromatic N) is 4. The van der Waals surface area contributed by atoms with Gasteiger partial charge in [0.05, 0.1) is 16.9 Å². The lowest BCUT2D eigenvalue weighted by molar-refractivity contribution is 0.00578. The Hall–Kier alpha value is -3.72. The molecule has 5 aromatic rings. The second kappa shape index (κ2) is 8.94. The molecule has 0 unspecified atom stereocenters. The molecule has 1 fully saturated rings. The number of para-hydroxylation sites is 1. The van der Waals surface area contributed by atoms with Gasteiger partial charge >= 0.3 is 7.12 Å². The average molecular weight is 525 g/mol. The van der Waals surface area contributed by atoms with Gasteiger partial charge in [0.25, 0.3) is 5.56 Å². The van der Waals surface area contributed by atoms with E-state index in [-0.39, 0.29) is 11.1 Å². The molecule has 0 N–H and O–H groups in total. The molecule has 9 heteroatoms. The molecular weight excluding hydrogens is 499 g/mol. The molecule has 1 aliphatic rings. The van der Waals surface area contributed by atoms with Crippen molar-refractivity contribution in [3.8, 4) is 22.8 Å². The van der Waals surface area contributed by atoms with Gasteiger partial charge in [-0.05, 0) is 69.6 Å². The summed E-state index contributed by atoms with van der Waals surface area (Å²) in [6, 6.07) is 24.6. The number of imidazole rings is 1. The summed E-state index contributed by atoms with van der Waals surface area (Å²) in [5.74, 6) is 0.489. The summed E-state index contributed by atoms with van der Waals surface area (Å²) in [6.45, 7) is 8.12. The summed E-state index contributed by atoms with van der Waals surface area (Å²) in [6.07, 6.45) is 1.63. The molecule has 3 heterocycles. The van der Waals surface area contributed by atoms with E-state index in [9.17, 15) is 4.79 Å². The normalized spacial score (nSPS) is 16.3. The highest BCUT2D eigenvalue weighted by molar-refractivity contribution is 6.62. The Morgan fingerprint density at radius 2 is 1.45 bits per heavy atom. The van der Waals surface area contributed by atoms with E-state index in [2.05, 4.69) is 4.98 Å². The molecular formula is C29H26BClN4O3. The minimum Gasteiger partial charge on any atom is -0.399 e. The minimum atomic E-state index is -0.484. The van der Waals surface area contributed by atoms with Crippen molar-refractivity contribution in [3.63, 3.8) is 0 Å². The third-order valence-electron chi connectivity index (χ3n) is 7.39. The SMILES string of the molecule is CC1(C)OB(c2ccc(-c3nc4c(ncn4-c4ccccc4)c(=O)n3-c3ccc(Cl)cc3)cc2)OC1(C)C. The van der Waals surface area contributed by atoms with E-state index in [1.807, 2.05) is 86.9 Å². The van der Waals surface area contributed by atoms with Crippen LogP contribution >= 0.6 is 11.6 Å². The summed E-state index contributed by atoms with van der Waals surface area (Å²) >= 11 is 6.14. The standard InChI is InChI=1S/C29H26BClN4O3/c1-28(2)29(3,4)38-30(37-28)20-12-10-19(11-13-20)25-33-26-24(32-18-34(26)22-8-6-5-7-9-22)27(36)35(25)23-16-14-21(31)15-17-23/h5-18H,1-4H3. The van der Waals surface area contributed by atoms with E-state index >= 15 is 0 Å². The second-order valence-electron chi connectivity index (χ2n) is 10.4. The molecule has 0 radical (unpaired) electrons. The van der Waals surface area contributed by atoms with Gasteiger partial charge < -0.3 is 9.31 Å². The first-order valence-corrected chi connectivity index (χ1v) is 12.8. The summed E-state index contributed by atoms with van der Waals surface area (Å²) in [5, 5.41) is 0.581. The first-order valence-electron chi connectivity index (χ1n) is 12.4. The average Bonchev–Trinajstić information content (AvgIpc) is 3.43. The molecule has 0 bridgehead atoms. The topological polar surface area (TPSA) is 71.2 Å². The monoisotopic (exact) mass is 524 g/mol. The largest absolute Gasteiger partial charge is 0.494 e. The predicted molar refractivity (Wildman–Crippen MR) is 151 cm³/mol. The molecule has 0 amide bonds. The lowest BCUT2D eigenvalue weighted by Gasteiger charge is -2.32. The third-order valence-corrected chi connectivity index (χ3v) is 7.64. The van der Waals surface area contributed by atoms with Crippen LogP contribution in [-0.2, 0) is 9.31 Å². The van der Waals surface area contributed by atoms with Gasteiger partial charge in [0.2, 0.25) is 0 Å². The fourth-order valence-electron chi connectivity index (χ4n) is 4.52. The quantitative estimate of drug-likeness (QED) is 0.303. The van der Waals surface area contributed by atoms with Crippen LogP contribution in [-0.4, -0.2) is 37.4 Å². The molecule has 0 atom stereocenters.